The fraction of sp³-hybridized carbons (Fsp3) is 0.640. The van der Waals surface area contributed by atoms with Gasteiger partial charge in [0, 0.05) is 32.7 Å². The maximum Gasteiger partial charge on any atom is 0.415 e. The molecule has 4 aliphatic rings. The molecule has 1 aliphatic heterocycles. The second-order valence-electron chi connectivity index (χ2n) is 9.81. The number of para-hydroxylation sites is 1. The van der Waals surface area contributed by atoms with Crippen LogP contribution in [0.2, 0.25) is 0 Å². The molecule has 1 amide bonds. The third kappa shape index (κ3) is 5.30. The van der Waals surface area contributed by atoms with Crippen LogP contribution in [0.25, 0.3) is 0 Å². The summed E-state index contributed by atoms with van der Waals surface area (Å²) in [6, 6.07) is 9.17. The van der Waals surface area contributed by atoms with Crippen LogP contribution in [0.4, 0.5) is 4.79 Å². The van der Waals surface area contributed by atoms with E-state index in [0.717, 1.165) is 25.4 Å². The first-order valence-electron chi connectivity index (χ1n) is 11.6. The fourth-order valence-electron chi connectivity index (χ4n) is 5.29. The molecule has 1 aromatic rings. The Morgan fingerprint density at radius 2 is 2.00 bits per heavy atom. The Kier molecular flexibility index (Phi) is 6.99. The summed E-state index contributed by atoms with van der Waals surface area (Å²) in [4.78, 5) is 16.4. The van der Waals surface area contributed by atoms with Gasteiger partial charge < -0.3 is 19.5 Å². The number of rotatable bonds is 7. The summed E-state index contributed by atoms with van der Waals surface area (Å²) in [5.74, 6) is 2.05. The van der Waals surface area contributed by atoms with Crippen molar-refractivity contribution >= 4 is 6.09 Å². The molecule has 31 heavy (non-hydrogen) atoms. The van der Waals surface area contributed by atoms with E-state index in [1.807, 2.05) is 18.2 Å². The normalized spacial score (nSPS) is 26.4. The van der Waals surface area contributed by atoms with Crippen molar-refractivity contribution in [3.8, 4) is 5.75 Å². The minimum atomic E-state index is -0.519. The predicted molar refractivity (Wildman–Crippen MR) is 120 cm³/mol. The van der Waals surface area contributed by atoms with Gasteiger partial charge in [0.25, 0.3) is 0 Å². The van der Waals surface area contributed by atoms with Gasteiger partial charge in [-0.2, -0.15) is 0 Å². The first-order valence-corrected chi connectivity index (χ1v) is 11.6. The molecule has 170 valence electrons. The Morgan fingerprint density at radius 3 is 2.74 bits per heavy atom. The zero-order valence-corrected chi connectivity index (χ0v) is 18.8. The zero-order chi connectivity index (χ0) is 21.8. The number of hydrogen-bond acceptors (Lipinski definition) is 5. The molecule has 1 heterocycles. The van der Waals surface area contributed by atoms with E-state index in [0.29, 0.717) is 49.9 Å². The van der Waals surface area contributed by atoms with E-state index in [4.69, 9.17) is 9.47 Å². The lowest BCUT2D eigenvalue weighted by Gasteiger charge is -2.56. The van der Waals surface area contributed by atoms with Crippen molar-refractivity contribution in [3.05, 3.63) is 42.0 Å². The quantitative estimate of drug-likeness (QED) is 0.673. The predicted octanol–water partition coefficient (Wildman–Crippen LogP) is 3.56. The molecule has 3 aliphatic carbocycles. The van der Waals surface area contributed by atoms with Crippen molar-refractivity contribution < 1.29 is 19.4 Å². The van der Waals surface area contributed by atoms with Gasteiger partial charge in [-0.05, 0) is 54.2 Å². The first kappa shape index (κ1) is 22.3. The maximum atomic E-state index is 12.4. The summed E-state index contributed by atoms with van der Waals surface area (Å²) in [6.45, 7) is 9.14. The van der Waals surface area contributed by atoms with Crippen molar-refractivity contribution in [1.82, 2.24) is 9.80 Å². The fourth-order valence-corrected chi connectivity index (χ4v) is 5.29. The van der Waals surface area contributed by atoms with Gasteiger partial charge >= 0.3 is 6.09 Å². The van der Waals surface area contributed by atoms with E-state index in [-0.39, 0.29) is 6.09 Å². The molecule has 1 N–H and O–H groups in total. The molecule has 6 nitrogen and oxygen atoms in total. The molecule has 0 aromatic heterocycles. The highest BCUT2D eigenvalue weighted by Crippen LogP contribution is 2.59. The molecule has 0 spiro atoms. The van der Waals surface area contributed by atoms with Crippen LogP contribution in [0.15, 0.2) is 42.0 Å². The Labute approximate surface area is 185 Å². The number of hydrogen-bond donors (Lipinski definition) is 1. The highest BCUT2D eigenvalue weighted by atomic mass is 16.6. The van der Waals surface area contributed by atoms with E-state index < -0.39 is 6.10 Å². The van der Waals surface area contributed by atoms with Gasteiger partial charge in [-0.3, -0.25) is 4.90 Å². The molecule has 3 atom stereocenters. The average Bonchev–Trinajstić information content (AvgIpc) is 3.00. The average molecular weight is 429 g/mol. The van der Waals surface area contributed by atoms with Crippen LogP contribution in [0, 0.1) is 17.3 Å². The number of nitrogens with zero attached hydrogens (tertiary/aromatic N) is 2. The Hall–Kier alpha value is -1.89. The van der Waals surface area contributed by atoms with E-state index in [2.05, 4.69) is 24.8 Å². The summed E-state index contributed by atoms with van der Waals surface area (Å²) in [5.41, 5.74) is 1.83. The number of fused-ring (bicyclic) bond motifs is 1. The molecular formula is C25H36N2O4. The van der Waals surface area contributed by atoms with Crippen molar-refractivity contribution in [1.29, 1.82) is 0 Å². The third-order valence-corrected chi connectivity index (χ3v) is 7.43. The Morgan fingerprint density at radius 1 is 1.19 bits per heavy atom. The van der Waals surface area contributed by atoms with Crippen molar-refractivity contribution in [2.75, 3.05) is 45.9 Å². The van der Waals surface area contributed by atoms with E-state index in [1.54, 1.807) is 17.0 Å². The summed E-state index contributed by atoms with van der Waals surface area (Å²) >= 11 is 0. The Balaban J connectivity index is 1.16. The summed E-state index contributed by atoms with van der Waals surface area (Å²) in [7, 11) is 0. The lowest BCUT2D eigenvalue weighted by Crippen LogP contribution is -2.48. The summed E-state index contributed by atoms with van der Waals surface area (Å²) in [6.07, 6.45) is 4.85. The molecule has 6 heteroatoms. The van der Waals surface area contributed by atoms with Crippen LogP contribution < -0.4 is 4.74 Å². The van der Waals surface area contributed by atoms with Crippen molar-refractivity contribution in [2.24, 2.45) is 17.3 Å². The lowest BCUT2D eigenvalue weighted by atomic mass is 9.49. The maximum absolute atomic E-state index is 12.4. The van der Waals surface area contributed by atoms with E-state index >= 15 is 0 Å². The Bertz CT molecular complexity index is 779. The van der Waals surface area contributed by atoms with Gasteiger partial charge in [0.2, 0.25) is 0 Å². The summed E-state index contributed by atoms with van der Waals surface area (Å²) in [5, 5.41) is 10.5. The highest BCUT2D eigenvalue weighted by Gasteiger charge is 2.50. The largest absolute Gasteiger partial charge is 0.415 e. The van der Waals surface area contributed by atoms with Crippen molar-refractivity contribution in [3.63, 3.8) is 0 Å². The van der Waals surface area contributed by atoms with Crippen LogP contribution >= 0.6 is 0 Å². The van der Waals surface area contributed by atoms with Gasteiger partial charge in [0.1, 0.15) is 5.75 Å². The minimum absolute atomic E-state index is 0.307. The van der Waals surface area contributed by atoms with Gasteiger partial charge in [-0.1, -0.05) is 38.1 Å². The number of carbonyl (C=O) groups is 1. The standard InChI is InChI=1S/C25H36N2O4/c1-25(2)20-10-9-19(23(25)15-20)17-30-18-21(28)16-26-11-6-12-27(14-13-26)24(29)31-22-7-4-3-5-8-22/h3-5,7-9,20-21,23,28H,6,10-18H2,1-2H3. The third-order valence-electron chi connectivity index (χ3n) is 7.43. The highest BCUT2D eigenvalue weighted by molar-refractivity contribution is 5.70. The van der Waals surface area contributed by atoms with Crippen LogP contribution in [0.3, 0.4) is 0 Å². The smallest absolute Gasteiger partial charge is 0.410 e. The molecule has 3 unspecified atom stereocenters. The number of allylic oxidation sites excluding steroid dienone is 1. The topological polar surface area (TPSA) is 62.2 Å². The number of benzene rings is 1. The summed E-state index contributed by atoms with van der Waals surface area (Å²) < 4.78 is 11.3. The van der Waals surface area contributed by atoms with Crippen LogP contribution in [-0.2, 0) is 4.74 Å². The van der Waals surface area contributed by atoms with Crippen LogP contribution in [0.1, 0.15) is 33.1 Å². The van der Waals surface area contributed by atoms with Gasteiger partial charge in [-0.25, -0.2) is 4.79 Å². The molecule has 1 saturated carbocycles. The minimum Gasteiger partial charge on any atom is -0.410 e. The number of amides is 1. The molecule has 5 rings (SSSR count). The van der Waals surface area contributed by atoms with Crippen LogP contribution in [0.5, 0.6) is 5.75 Å². The molecule has 2 bridgehead atoms. The number of carbonyl (C=O) groups excluding carboxylic acids is 1. The van der Waals surface area contributed by atoms with Gasteiger partial charge in [0.05, 0.1) is 19.3 Å². The van der Waals surface area contributed by atoms with Crippen LogP contribution in [-0.4, -0.2) is 73.0 Å². The monoisotopic (exact) mass is 428 g/mol. The molecule has 0 radical (unpaired) electrons. The second kappa shape index (κ2) is 9.72. The SMILES string of the molecule is CC1(C)C2CC=C(COCC(O)CN3CCCN(C(=O)Oc4ccccc4)CC3)C1C2. The number of aliphatic hydroxyl groups excluding tert-OH is 1. The number of ether oxygens (including phenoxy) is 2. The van der Waals surface area contributed by atoms with Crippen molar-refractivity contribution in [2.45, 2.75) is 39.2 Å². The lowest BCUT2D eigenvalue weighted by molar-refractivity contribution is -0.0260. The number of aliphatic hydroxyl groups is 1. The molecule has 1 saturated heterocycles. The molecular weight excluding hydrogens is 392 g/mol. The molecule has 2 fully saturated rings. The second-order valence-corrected chi connectivity index (χ2v) is 9.81. The van der Waals surface area contributed by atoms with E-state index in [9.17, 15) is 9.90 Å². The van der Waals surface area contributed by atoms with Gasteiger partial charge in [0.15, 0.2) is 0 Å². The van der Waals surface area contributed by atoms with Gasteiger partial charge in [-0.15, -0.1) is 0 Å². The zero-order valence-electron chi connectivity index (χ0n) is 18.8. The van der Waals surface area contributed by atoms with E-state index in [1.165, 1.54) is 18.4 Å². The first-order chi connectivity index (χ1) is 14.9. The number of β-amino-alcohol motifs (C(OH)–C–C–N with tert-alkyl or cyclic N) is 1. The molecule has 1 aromatic carbocycles.